The molecule has 1 atom stereocenters. The van der Waals surface area contributed by atoms with Crippen molar-refractivity contribution in [3.8, 4) is 0 Å². The molecule has 1 saturated heterocycles. The lowest BCUT2D eigenvalue weighted by Gasteiger charge is -2.34. The smallest absolute Gasteiger partial charge is 0.0544 e. The molecule has 0 bridgehead atoms. The molecule has 0 amide bonds. The molecule has 3 heteroatoms. The SMILES string of the molecule is NC[C@H]1CCCCN1Cc1ccccn1. The monoisotopic (exact) mass is 205 g/mol. The van der Waals surface area contributed by atoms with E-state index in [1.54, 1.807) is 0 Å². The highest BCUT2D eigenvalue weighted by atomic mass is 15.2. The van der Waals surface area contributed by atoms with Gasteiger partial charge in [0.15, 0.2) is 0 Å². The number of piperidine rings is 1. The first kappa shape index (κ1) is 10.6. The summed E-state index contributed by atoms with van der Waals surface area (Å²) in [6.45, 7) is 2.88. The summed E-state index contributed by atoms with van der Waals surface area (Å²) in [7, 11) is 0. The van der Waals surface area contributed by atoms with Crippen molar-refractivity contribution in [2.24, 2.45) is 5.73 Å². The van der Waals surface area contributed by atoms with Crippen LogP contribution in [0.5, 0.6) is 0 Å². The third-order valence-corrected chi connectivity index (χ3v) is 3.11. The van der Waals surface area contributed by atoms with E-state index in [1.807, 2.05) is 18.3 Å². The number of aromatic nitrogens is 1. The van der Waals surface area contributed by atoms with Gasteiger partial charge in [0.2, 0.25) is 0 Å². The summed E-state index contributed by atoms with van der Waals surface area (Å²) in [6, 6.07) is 6.65. The van der Waals surface area contributed by atoms with Crippen molar-refractivity contribution in [2.45, 2.75) is 31.8 Å². The highest BCUT2D eigenvalue weighted by Gasteiger charge is 2.20. The summed E-state index contributed by atoms with van der Waals surface area (Å²) >= 11 is 0. The summed E-state index contributed by atoms with van der Waals surface area (Å²) in [5.41, 5.74) is 6.94. The average molecular weight is 205 g/mol. The fraction of sp³-hybridized carbons (Fsp3) is 0.583. The van der Waals surface area contributed by atoms with Crippen LogP contribution in [0.3, 0.4) is 0 Å². The third-order valence-electron chi connectivity index (χ3n) is 3.11. The molecule has 2 N–H and O–H groups in total. The zero-order valence-corrected chi connectivity index (χ0v) is 9.10. The highest BCUT2D eigenvalue weighted by molar-refractivity contribution is 5.03. The van der Waals surface area contributed by atoms with E-state index < -0.39 is 0 Å². The third kappa shape index (κ3) is 2.76. The number of pyridine rings is 1. The van der Waals surface area contributed by atoms with Crippen LogP contribution in [-0.2, 0) is 6.54 Å². The standard InChI is InChI=1S/C12H19N3/c13-9-12-6-2-4-8-15(12)10-11-5-1-3-7-14-11/h1,3,5,7,12H,2,4,6,8-10,13H2/t12-/m1/s1. The zero-order chi connectivity index (χ0) is 10.5. The molecule has 0 spiro atoms. The van der Waals surface area contributed by atoms with Crippen LogP contribution in [0.15, 0.2) is 24.4 Å². The van der Waals surface area contributed by atoms with Crippen LogP contribution in [-0.4, -0.2) is 29.0 Å². The van der Waals surface area contributed by atoms with E-state index in [0.29, 0.717) is 6.04 Å². The van der Waals surface area contributed by atoms with Gasteiger partial charge >= 0.3 is 0 Å². The molecule has 0 radical (unpaired) electrons. The normalized spacial score (nSPS) is 22.9. The average Bonchev–Trinajstić information content (AvgIpc) is 2.31. The highest BCUT2D eigenvalue weighted by Crippen LogP contribution is 2.17. The van der Waals surface area contributed by atoms with Crippen molar-refractivity contribution in [3.63, 3.8) is 0 Å². The Hall–Kier alpha value is -0.930. The van der Waals surface area contributed by atoms with E-state index in [4.69, 9.17) is 5.73 Å². The van der Waals surface area contributed by atoms with E-state index in [-0.39, 0.29) is 0 Å². The second-order valence-corrected chi connectivity index (χ2v) is 4.18. The van der Waals surface area contributed by atoms with Gasteiger partial charge in [0.25, 0.3) is 0 Å². The predicted octanol–water partition coefficient (Wildman–Crippen LogP) is 1.39. The second kappa shape index (κ2) is 5.24. The topological polar surface area (TPSA) is 42.1 Å². The summed E-state index contributed by atoms with van der Waals surface area (Å²) in [4.78, 5) is 6.82. The first-order valence-corrected chi connectivity index (χ1v) is 5.74. The number of hydrogen-bond acceptors (Lipinski definition) is 3. The van der Waals surface area contributed by atoms with Crippen molar-refractivity contribution in [1.29, 1.82) is 0 Å². The molecule has 2 heterocycles. The first-order chi connectivity index (χ1) is 7.40. The van der Waals surface area contributed by atoms with Gasteiger partial charge in [0.1, 0.15) is 0 Å². The van der Waals surface area contributed by atoms with Crippen LogP contribution < -0.4 is 5.73 Å². The maximum atomic E-state index is 5.79. The molecular formula is C12H19N3. The van der Waals surface area contributed by atoms with Gasteiger partial charge in [-0.3, -0.25) is 9.88 Å². The lowest BCUT2D eigenvalue weighted by atomic mass is 10.0. The van der Waals surface area contributed by atoms with Crippen molar-refractivity contribution in [3.05, 3.63) is 30.1 Å². The van der Waals surface area contributed by atoms with Gasteiger partial charge in [-0.25, -0.2) is 0 Å². The molecule has 1 aliphatic heterocycles. The molecule has 1 aromatic rings. The van der Waals surface area contributed by atoms with Crippen molar-refractivity contribution >= 4 is 0 Å². The van der Waals surface area contributed by atoms with E-state index in [0.717, 1.165) is 18.8 Å². The minimum atomic E-state index is 0.556. The maximum Gasteiger partial charge on any atom is 0.0544 e. The van der Waals surface area contributed by atoms with Gasteiger partial charge in [-0.15, -0.1) is 0 Å². The lowest BCUT2D eigenvalue weighted by Crippen LogP contribution is -2.43. The molecule has 1 aromatic heterocycles. The van der Waals surface area contributed by atoms with Crippen LogP contribution in [0.4, 0.5) is 0 Å². The van der Waals surface area contributed by atoms with Crippen LogP contribution in [0.1, 0.15) is 25.0 Å². The van der Waals surface area contributed by atoms with Gasteiger partial charge in [0.05, 0.1) is 5.69 Å². The van der Waals surface area contributed by atoms with Gasteiger partial charge in [0, 0.05) is 25.3 Å². The summed E-state index contributed by atoms with van der Waals surface area (Å²) < 4.78 is 0. The first-order valence-electron chi connectivity index (χ1n) is 5.74. The van der Waals surface area contributed by atoms with Gasteiger partial charge in [-0.05, 0) is 31.5 Å². The lowest BCUT2D eigenvalue weighted by molar-refractivity contribution is 0.143. The molecule has 1 aliphatic rings. The fourth-order valence-electron chi connectivity index (χ4n) is 2.23. The van der Waals surface area contributed by atoms with Gasteiger partial charge in [-0.1, -0.05) is 12.5 Å². The Bertz CT molecular complexity index is 286. The van der Waals surface area contributed by atoms with Crippen LogP contribution in [0.2, 0.25) is 0 Å². The Balaban J connectivity index is 1.97. The number of rotatable bonds is 3. The van der Waals surface area contributed by atoms with Crippen LogP contribution in [0, 0.1) is 0 Å². The maximum absolute atomic E-state index is 5.79. The van der Waals surface area contributed by atoms with E-state index in [1.165, 1.54) is 25.8 Å². The Morgan fingerprint density at radius 2 is 2.33 bits per heavy atom. The number of hydrogen-bond donors (Lipinski definition) is 1. The Kier molecular flexibility index (Phi) is 3.69. The molecule has 1 fully saturated rings. The summed E-state index contributed by atoms with van der Waals surface area (Å²) in [5, 5.41) is 0. The molecule has 82 valence electrons. The molecule has 0 saturated carbocycles. The Labute approximate surface area is 91.3 Å². The minimum absolute atomic E-state index is 0.556. The number of nitrogens with two attached hydrogens (primary N) is 1. The number of likely N-dealkylation sites (tertiary alicyclic amines) is 1. The van der Waals surface area contributed by atoms with Crippen LogP contribution in [0.25, 0.3) is 0 Å². The van der Waals surface area contributed by atoms with Crippen molar-refractivity contribution < 1.29 is 0 Å². The van der Waals surface area contributed by atoms with E-state index in [9.17, 15) is 0 Å². The van der Waals surface area contributed by atoms with E-state index in [2.05, 4.69) is 16.0 Å². The quantitative estimate of drug-likeness (QED) is 0.811. The van der Waals surface area contributed by atoms with Crippen molar-refractivity contribution in [2.75, 3.05) is 13.1 Å². The Morgan fingerprint density at radius 1 is 1.40 bits per heavy atom. The largest absolute Gasteiger partial charge is 0.329 e. The van der Waals surface area contributed by atoms with Crippen molar-refractivity contribution in [1.82, 2.24) is 9.88 Å². The number of nitrogens with zero attached hydrogens (tertiary/aromatic N) is 2. The molecule has 2 rings (SSSR count). The fourth-order valence-corrected chi connectivity index (χ4v) is 2.23. The molecule has 15 heavy (non-hydrogen) atoms. The van der Waals surface area contributed by atoms with Crippen LogP contribution >= 0.6 is 0 Å². The second-order valence-electron chi connectivity index (χ2n) is 4.18. The predicted molar refractivity (Wildman–Crippen MR) is 61.3 cm³/mol. The molecule has 3 nitrogen and oxygen atoms in total. The summed E-state index contributed by atoms with van der Waals surface area (Å²) in [6.07, 6.45) is 5.71. The zero-order valence-electron chi connectivity index (χ0n) is 9.10. The van der Waals surface area contributed by atoms with Gasteiger partial charge in [-0.2, -0.15) is 0 Å². The van der Waals surface area contributed by atoms with Gasteiger partial charge < -0.3 is 5.73 Å². The Morgan fingerprint density at radius 3 is 3.07 bits per heavy atom. The molecule has 0 aliphatic carbocycles. The van der Waals surface area contributed by atoms with E-state index >= 15 is 0 Å². The summed E-state index contributed by atoms with van der Waals surface area (Å²) in [5.74, 6) is 0. The molecule has 0 aromatic carbocycles. The molecule has 0 unspecified atom stereocenters. The minimum Gasteiger partial charge on any atom is -0.329 e. The molecular weight excluding hydrogens is 186 g/mol.